The van der Waals surface area contributed by atoms with Gasteiger partial charge in [-0.15, -0.1) is 23.5 Å². The van der Waals surface area contributed by atoms with E-state index in [-0.39, 0.29) is 6.10 Å². The van der Waals surface area contributed by atoms with E-state index in [1.165, 1.54) is 25.8 Å². The zero-order valence-electron chi connectivity index (χ0n) is 17.3. The van der Waals surface area contributed by atoms with Crippen LogP contribution in [0.15, 0.2) is 105 Å². The summed E-state index contributed by atoms with van der Waals surface area (Å²) in [6, 6.07) is 25.1. The zero-order chi connectivity index (χ0) is 21.3. The molecule has 6 rings (SSSR count). The summed E-state index contributed by atoms with van der Waals surface area (Å²) in [6.07, 6.45) is 8.35. The molecule has 3 aromatic carbocycles. The van der Waals surface area contributed by atoms with Crippen LogP contribution in [0.5, 0.6) is 0 Å². The molecule has 158 valence electrons. The number of allylic oxidation sites excluding steroid dienone is 1. The summed E-state index contributed by atoms with van der Waals surface area (Å²) in [7, 11) is 0. The lowest BCUT2D eigenvalue weighted by molar-refractivity contribution is 0.170. The van der Waals surface area contributed by atoms with Crippen LogP contribution >= 0.6 is 35.3 Å². The molecular weight excluding hydrogens is 436 g/mol. The zero-order valence-corrected chi connectivity index (χ0v) is 19.8. The Morgan fingerprint density at radius 3 is 2.29 bits per heavy atom. The van der Waals surface area contributed by atoms with Crippen molar-refractivity contribution in [1.29, 1.82) is 0 Å². The lowest BCUT2D eigenvalue weighted by Crippen LogP contribution is -2.05. The third-order valence-electron chi connectivity index (χ3n) is 5.08. The highest BCUT2D eigenvalue weighted by Gasteiger charge is 2.16. The molecule has 0 bridgehead atoms. The van der Waals surface area contributed by atoms with E-state index >= 15 is 0 Å². The topological polar surface area (TPSA) is 20.2 Å². The molecule has 3 heterocycles. The number of hydrogen-bond donors (Lipinski definition) is 1. The van der Waals surface area contributed by atoms with Crippen LogP contribution in [-0.2, 0) is 6.42 Å². The molecule has 31 heavy (non-hydrogen) atoms. The van der Waals surface area contributed by atoms with Crippen LogP contribution in [0.2, 0.25) is 0 Å². The van der Waals surface area contributed by atoms with Crippen LogP contribution in [0.1, 0.15) is 29.2 Å². The van der Waals surface area contributed by atoms with Crippen LogP contribution in [0.4, 0.5) is 0 Å². The Balaban J connectivity index is 0.000000112. The number of thioether (sulfide) groups is 3. The molecular formula is C27H26OS3. The first-order chi connectivity index (χ1) is 15.3. The molecule has 0 aromatic heterocycles. The van der Waals surface area contributed by atoms with Gasteiger partial charge in [-0.3, -0.25) is 0 Å². The first-order valence-corrected chi connectivity index (χ1v) is 13.3. The van der Waals surface area contributed by atoms with Crippen molar-refractivity contribution >= 4 is 41.4 Å². The van der Waals surface area contributed by atoms with Crippen molar-refractivity contribution in [2.24, 2.45) is 0 Å². The molecule has 0 radical (unpaired) electrons. The van der Waals surface area contributed by atoms with Crippen molar-refractivity contribution in [2.75, 3.05) is 11.5 Å². The Morgan fingerprint density at radius 1 is 0.742 bits per heavy atom. The first kappa shape index (κ1) is 22.3. The minimum atomic E-state index is -0.229. The van der Waals surface area contributed by atoms with Gasteiger partial charge in [-0.25, -0.2) is 0 Å². The third kappa shape index (κ3) is 6.33. The van der Waals surface area contributed by atoms with Gasteiger partial charge in [0.15, 0.2) is 0 Å². The summed E-state index contributed by atoms with van der Waals surface area (Å²) in [4.78, 5) is 4.06. The van der Waals surface area contributed by atoms with Crippen LogP contribution < -0.4 is 0 Å². The summed E-state index contributed by atoms with van der Waals surface area (Å²) in [5.74, 6) is 2.16. The average Bonchev–Trinajstić information content (AvgIpc) is 2.85. The SMILES string of the molecule is C1=CSc2ccccc2C1.C1=Cc2ccccc2SC1.OC1CCSc2ccccc21. The number of hydrogen-bond acceptors (Lipinski definition) is 4. The molecule has 1 N–H and O–H groups in total. The number of aliphatic hydroxyl groups is 1. The van der Waals surface area contributed by atoms with Gasteiger partial charge in [0.1, 0.15) is 0 Å². The largest absolute Gasteiger partial charge is 0.388 e. The third-order valence-corrected chi connectivity index (χ3v) is 8.23. The van der Waals surface area contributed by atoms with Gasteiger partial charge in [-0.05, 0) is 53.1 Å². The van der Waals surface area contributed by atoms with Crippen LogP contribution in [0.3, 0.4) is 0 Å². The Morgan fingerprint density at radius 2 is 1.48 bits per heavy atom. The van der Waals surface area contributed by atoms with E-state index in [1.54, 1.807) is 0 Å². The van der Waals surface area contributed by atoms with Gasteiger partial charge in [0.2, 0.25) is 0 Å². The molecule has 4 heteroatoms. The lowest BCUT2D eigenvalue weighted by Gasteiger charge is -2.19. The fourth-order valence-corrected chi connectivity index (χ4v) is 6.22. The van der Waals surface area contributed by atoms with E-state index in [9.17, 15) is 5.11 Å². The molecule has 0 saturated heterocycles. The molecule has 3 aromatic rings. The molecule has 1 nitrogen and oxygen atoms in total. The van der Waals surface area contributed by atoms with E-state index in [4.69, 9.17) is 0 Å². The highest BCUT2D eigenvalue weighted by Crippen LogP contribution is 2.35. The Kier molecular flexibility index (Phi) is 8.42. The Labute approximate surface area is 198 Å². The minimum absolute atomic E-state index is 0.229. The quantitative estimate of drug-likeness (QED) is 0.366. The maximum Gasteiger partial charge on any atom is 0.0808 e. The number of fused-ring (bicyclic) bond motifs is 3. The second kappa shape index (κ2) is 11.7. The van der Waals surface area contributed by atoms with Gasteiger partial charge in [-0.2, -0.15) is 0 Å². The lowest BCUT2D eigenvalue weighted by atomic mass is 10.1. The van der Waals surface area contributed by atoms with E-state index < -0.39 is 0 Å². The van der Waals surface area contributed by atoms with Gasteiger partial charge in [0.25, 0.3) is 0 Å². The molecule has 1 atom stereocenters. The molecule has 1 unspecified atom stereocenters. The molecule has 0 fully saturated rings. The summed E-state index contributed by atoms with van der Waals surface area (Å²) >= 11 is 5.54. The Bertz CT molecular complexity index is 1030. The van der Waals surface area contributed by atoms with Crippen molar-refractivity contribution in [3.8, 4) is 0 Å². The normalized spacial score (nSPS) is 17.6. The molecule has 0 aliphatic carbocycles. The highest BCUT2D eigenvalue weighted by molar-refractivity contribution is 8.02. The summed E-state index contributed by atoms with van der Waals surface area (Å²) in [5, 5.41) is 11.7. The summed E-state index contributed by atoms with van der Waals surface area (Å²) in [5.41, 5.74) is 3.91. The van der Waals surface area contributed by atoms with Crippen molar-refractivity contribution in [3.05, 3.63) is 107 Å². The maximum atomic E-state index is 9.55. The number of benzene rings is 3. The van der Waals surface area contributed by atoms with Crippen molar-refractivity contribution in [1.82, 2.24) is 0 Å². The monoisotopic (exact) mass is 462 g/mol. The predicted molar refractivity (Wildman–Crippen MR) is 138 cm³/mol. The Hall–Kier alpha value is -1.85. The van der Waals surface area contributed by atoms with Gasteiger partial charge in [0.05, 0.1) is 6.10 Å². The van der Waals surface area contributed by atoms with Gasteiger partial charge in [-0.1, -0.05) is 84.6 Å². The van der Waals surface area contributed by atoms with Crippen LogP contribution in [0.25, 0.3) is 6.08 Å². The second-order valence-corrected chi connectivity index (χ2v) is 10.4. The first-order valence-electron chi connectivity index (χ1n) is 10.5. The summed E-state index contributed by atoms with van der Waals surface area (Å²) < 4.78 is 0. The molecule has 0 amide bonds. The molecule has 3 aliphatic rings. The van der Waals surface area contributed by atoms with Crippen molar-refractivity contribution < 1.29 is 5.11 Å². The standard InChI is InChI=1S/C9H10OS.2C9H8S/c10-8-5-6-11-9-4-2-1-3-7(8)9;2*1-2-6-9-8(4-1)5-3-7-10-9/h1-4,8,10H,5-6H2;1-4,6-7H,5H2;1-6H,7H2. The van der Waals surface area contributed by atoms with E-state index in [0.717, 1.165) is 29.9 Å². The van der Waals surface area contributed by atoms with E-state index in [1.807, 2.05) is 53.5 Å². The fraction of sp³-hybridized carbons (Fsp3) is 0.185. The predicted octanol–water partition coefficient (Wildman–Crippen LogP) is 7.87. The van der Waals surface area contributed by atoms with Crippen molar-refractivity contribution in [3.63, 3.8) is 0 Å². The van der Waals surface area contributed by atoms with Gasteiger partial charge in [0, 0.05) is 26.2 Å². The number of aliphatic hydroxyl groups excluding tert-OH is 1. The highest BCUT2D eigenvalue weighted by atomic mass is 32.2. The fourth-order valence-electron chi connectivity index (χ4n) is 3.47. The smallest absolute Gasteiger partial charge is 0.0808 e. The molecule has 3 aliphatic heterocycles. The van der Waals surface area contributed by atoms with Gasteiger partial charge >= 0.3 is 0 Å². The summed E-state index contributed by atoms with van der Waals surface area (Å²) in [6.45, 7) is 0. The van der Waals surface area contributed by atoms with E-state index in [0.29, 0.717) is 0 Å². The van der Waals surface area contributed by atoms with Crippen LogP contribution in [-0.4, -0.2) is 16.6 Å². The second-order valence-electron chi connectivity index (χ2n) is 7.24. The van der Waals surface area contributed by atoms with Crippen molar-refractivity contribution in [2.45, 2.75) is 33.6 Å². The van der Waals surface area contributed by atoms with Crippen LogP contribution in [0, 0.1) is 0 Å². The number of rotatable bonds is 0. The average molecular weight is 463 g/mol. The molecule has 0 spiro atoms. The van der Waals surface area contributed by atoms with E-state index in [2.05, 4.69) is 78.2 Å². The molecule has 0 saturated carbocycles. The van der Waals surface area contributed by atoms with Gasteiger partial charge < -0.3 is 5.11 Å². The maximum absolute atomic E-state index is 9.55. The minimum Gasteiger partial charge on any atom is -0.388 e.